The van der Waals surface area contributed by atoms with E-state index in [1.54, 1.807) is 25.3 Å². The van der Waals surface area contributed by atoms with Crippen molar-refractivity contribution in [3.05, 3.63) is 60.0 Å². The molecule has 20 heavy (non-hydrogen) atoms. The van der Waals surface area contributed by atoms with E-state index < -0.39 is 0 Å². The van der Waals surface area contributed by atoms with Crippen molar-refractivity contribution in [1.29, 1.82) is 0 Å². The van der Waals surface area contributed by atoms with Crippen molar-refractivity contribution < 1.29 is 4.79 Å². The van der Waals surface area contributed by atoms with E-state index in [2.05, 4.69) is 11.9 Å². The predicted molar refractivity (Wildman–Crippen MR) is 91.3 cm³/mol. The van der Waals surface area contributed by atoms with Gasteiger partial charge >= 0.3 is 0 Å². The summed E-state index contributed by atoms with van der Waals surface area (Å²) in [6, 6.07) is 0. The van der Waals surface area contributed by atoms with Gasteiger partial charge < -0.3 is 11.1 Å². The highest BCUT2D eigenvalue weighted by Gasteiger charge is 1.84. The zero-order valence-corrected chi connectivity index (χ0v) is 13.7. The number of aldehydes is 1. The highest BCUT2D eigenvalue weighted by atomic mass is 16.1. The van der Waals surface area contributed by atoms with Gasteiger partial charge in [0, 0.05) is 12.7 Å². The summed E-state index contributed by atoms with van der Waals surface area (Å²) in [7, 11) is 1.72. The number of allylic oxidation sites excluding steroid dienone is 8. The van der Waals surface area contributed by atoms with Crippen LogP contribution in [0.1, 0.15) is 34.6 Å². The molecule has 114 valence electrons. The second-order valence-electron chi connectivity index (χ2n) is 3.64. The molecule has 0 spiro atoms. The third kappa shape index (κ3) is 21.3. The molecule has 0 unspecified atom stereocenters. The molecule has 3 N–H and O–H groups in total. The Morgan fingerprint density at radius 1 is 1.15 bits per heavy atom. The lowest BCUT2D eigenvalue weighted by Gasteiger charge is -1.93. The number of carbonyl (C=O) groups excluding carboxylic acids is 1. The Hall–Kier alpha value is -2.03. The van der Waals surface area contributed by atoms with Gasteiger partial charge in [-0.05, 0) is 39.0 Å². The number of hydrogen-bond donors (Lipinski definition) is 2. The topological polar surface area (TPSA) is 55.1 Å². The van der Waals surface area contributed by atoms with Crippen LogP contribution in [-0.2, 0) is 4.79 Å². The number of nitrogens with one attached hydrogen (secondary N) is 1. The minimum absolute atomic E-state index is 0.598. The van der Waals surface area contributed by atoms with Crippen LogP contribution in [0.4, 0.5) is 0 Å². The standard InChI is InChI=1S/C8H13NO.C7H11N.C2H6/c1-7(2)4-5-8(6-10)9-3;1-3-5-7(8)6-4-2;1-2/h4-6,9H,1-3H3;3-6H,1,8H2,2H3;1-2H3/b8-5-;6-4-,7-5+;. The Bertz CT molecular complexity index is 357. The molecule has 0 bridgehead atoms. The van der Waals surface area contributed by atoms with Crippen LogP contribution in [0.15, 0.2) is 60.0 Å². The number of carbonyl (C=O) groups is 1. The molecular weight excluding hydrogens is 248 g/mol. The van der Waals surface area contributed by atoms with Crippen molar-refractivity contribution in [2.45, 2.75) is 34.6 Å². The number of hydrogen-bond acceptors (Lipinski definition) is 3. The lowest BCUT2D eigenvalue weighted by atomic mass is 10.3. The minimum atomic E-state index is 0.598. The first-order chi connectivity index (χ1) is 9.51. The molecule has 0 amide bonds. The van der Waals surface area contributed by atoms with Crippen molar-refractivity contribution in [3.8, 4) is 0 Å². The first-order valence-corrected chi connectivity index (χ1v) is 6.70. The molecule has 0 aliphatic rings. The van der Waals surface area contributed by atoms with E-state index in [-0.39, 0.29) is 0 Å². The molecule has 0 aromatic rings. The molecular formula is C17H30N2O. The highest BCUT2D eigenvalue weighted by molar-refractivity contribution is 5.72. The third-order valence-corrected chi connectivity index (χ3v) is 1.68. The SMILES string of the molecule is C=C/C=C(N)\C=C/C.CC.CN/C(C=O)=C\C=C(C)C. The average Bonchev–Trinajstić information content (AvgIpc) is 2.43. The summed E-state index contributed by atoms with van der Waals surface area (Å²) < 4.78 is 0. The van der Waals surface area contributed by atoms with Crippen LogP contribution in [0.3, 0.4) is 0 Å². The van der Waals surface area contributed by atoms with E-state index in [9.17, 15) is 4.79 Å². The number of likely N-dealkylation sites (N-methyl/N-ethyl adjacent to an activating group) is 1. The van der Waals surface area contributed by atoms with Crippen molar-refractivity contribution in [2.75, 3.05) is 7.05 Å². The van der Waals surface area contributed by atoms with Gasteiger partial charge in [-0.1, -0.05) is 44.2 Å². The molecule has 0 aromatic carbocycles. The summed E-state index contributed by atoms with van der Waals surface area (Å²) in [5.41, 5.74) is 7.91. The molecule has 0 atom stereocenters. The molecule has 0 heterocycles. The lowest BCUT2D eigenvalue weighted by molar-refractivity contribution is -0.105. The van der Waals surface area contributed by atoms with Gasteiger partial charge in [-0.25, -0.2) is 0 Å². The first kappa shape index (κ1) is 23.1. The summed E-state index contributed by atoms with van der Waals surface area (Å²) in [4.78, 5) is 10.2. The van der Waals surface area contributed by atoms with Gasteiger partial charge in [-0.3, -0.25) is 4.79 Å². The zero-order valence-electron chi connectivity index (χ0n) is 13.7. The quantitative estimate of drug-likeness (QED) is 0.456. The van der Waals surface area contributed by atoms with Crippen molar-refractivity contribution in [3.63, 3.8) is 0 Å². The van der Waals surface area contributed by atoms with Crippen LogP contribution in [0.2, 0.25) is 0 Å². The second kappa shape index (κ2) is 19.3. The second-order valence-corrected chi connectivity index (χ2v) is 3.64. The fourth-order valence-corrected chi connectivity index (χ4v) is 0.822. The summed E-state index contributed by atoms with van der Waals surface area (Å²) in [5.74, 6) is 0. The van der Waals surface area contributed by atoms with Crippen molar-refractivity contribution in [2.24, 2.45) is 5.73 Å². The van der Waals surface area contributed by atoms with Crippen LogP contribution < -0.4 is 11.1 Å². The molecule has 0 fully saturated rings. The summed E-state index contributed by atoms with van der Waals surface area (Å²) in [6.45, 7) is 13.4. The molecule has 0 aliphatic heterocycles. The Kier molecular flexibility index (Phi) is 22.3. The first-order valence-electron chi connectivity index (χ1n) is 6.70. The maximum Gasteiger partial charge on any atom is 0.165 e. The Balaban J connectivity index is -0.000000262. The molecule has 0 saturated carbocycles. The predicted octanol–water partition coefficient (Wildman–Crippen LogP) is 3.87. The molecule has 3 heteroatoms. The smallest absolute Gasteiger partial charge is 0.165 e. The highest BCUT2D eigenvalue weighted by Crippen LogP contribution is 1.91. The van der Waals surface area contributed by atoms with E-state index in [0.29, 0.717) is 5.70 Å². The van der Waals surface area contributed by atoms with Crippen LogP contribution >= 0.6 is 0 Å². The number of nitrogens with two attached hydrogens (primary N) is 1. The van der Waals surface area contributed by atoms with Crippen molar-refractivity contribution in [1.82, 2.24) is 5.32 Å². The van der Waals surface area contributed by atoms with Crippen LogP contribution in [0.25, 0.3) is 0 Å². The summed E-state index contributed by atoms with van der Waals surface area (Å²) in [6.07, 6.45) is 11.5. The largest absolute Gasteiger partial charge is 0.399 e. The van der Waals surface area contributed by atoms with Gasteiger partial charge in [0.1, 0.15) is 0 Å². The molecule has 0 radical (unpaired) electrons. The van der Waals surface area contributed by atoms with Gasteiger partial charge in [-0.2, -0.15) is 0 Å². The third-order valence-electron chi connectivity index (χ3n) is 1.68. The van der Waals surface area contributed by atoms with Gasteiger partial charge in [0.15, 0.2) is 6.29 Å². The van der Waals surface area contributed by atoms with E-state index in [1.807, 2.05) is 52.8 Å². The molecule has 0 aliphatic carbocycles. The average molecular weight is 278 g/mol. The fourth-order valence-electron chi connectivity index (χ4n) is 0.822. The van der Waals surface area contributed by atoms with Gasteiger partial charge in [-0.15, -0.1) is 0 Å². The van der Waals surface area contributed by atoms with Gasteiger partial charge in [0.05, 0.1) is 5.70 Å². The Morgan fingerprint density at radius 2 is 1.70 bits per heavy atom. The Labute approximate surface area is 124 Å². The summed E-state index contributed by atoms with van der Waals surface area (Å²) in [5, 5.41) is 2.76. The normalized spacial score (nSPS) is 10.5. The zero-order chi connectivity index (χ0) is 16.4. The van der Waals surface area contributed by atoms with Crippen LogP contribution in [0, 0.1) is 0 Å². The molecule has 0 rings (SSSR count). The summed E-state index contributed by atoms with van der Waals surface area (Å²) >= 11 is 0. The maximum atomic E-state index is 10.2. The van der Waals surface area contributed by atoms with E-state index in [0.717, 1.165) is 12.0 Å². The number of rotatable bonds is 5. The Morgan fingerprint density at radius 3 is 2.00 bits per heavy atom. The van der Waals surface area contributed by atoms with Gasteiger partial charge in [0.25, 0.3) is 0 Å². The monoisotopic (exact) mass is 278 g/mol. The van der Waals surface area contributed by atoms with Crippen LogP contribution in [-0.4, -0.2) is 13.3 Å². The maximum absolute atomic E-state index is 10.2. The fraction of sp³-hybridized carbons (Fsp3) is 0.353. The van der Waals surface area contributed by atoms with E-state index in [1.165, 1.54) is 5.57 Å². The van der Waals surface area contributed by atoms with Crippen LogP contribution in [0.5, 0.6) is 0 Å². The lowest BCUT2D eigenvalue weighted by Crippen LogP contribution is -2.05. The van der Waals surface area contributed by atoms with E-state index >= 15 is 0 Å². The molecule has 3 nitrogen and oxygen atoms in total. The van der Waals surface area contributed by atoms with Gasteiger partial charge in [0.2, 0.25) is 0 Å². The molecule has 0 aromatic heterocycles. The van der Waals surface area contributed by atoms with Crippen molar-refractivity contribution >= 4 is 6.29 Å². The van der Waals surface area contributed by atoms with E-state index in [4.69, 9.17) is 5.73 Å². The minimum Gasteiger partial charge on any atom is -0.399 e. The molecule has 0 saturated heterocycles.